The summed E-state index contributed by atoms with van der Waals surface area (Å²) in [5.41, 5.74) is 0.800. The number of Topliss-reactive ketones (excluding diaryl/α,β-unsaturated/α-hetero) is 1. The number of nitrogens with zero attached hydrogens (tertiary/aromatic N) is 2. The highest BCUT2D eigenvalue weighted by molar-refractivity contribution is 6.00. The summed E-state index contributed by atoms with van der Waals surface area (Å²) in [6.45, 7) is 2.98. The average Bonchev–Trinajstić information content (AvgIpc) is 2.37. The number of aromatic amines is 1. The van der Waals surface area contributed by atoms with Crippen LogP contribution < -0.4 is 5.69 Å². The van der Waals surface area contributed by atoms with Crippen molar-refractivity contribution in [1.29, 1.82) is 0 Å². The summed E-state index contributed by atoms with van der Waals surface area (Å²) >= 11 is 0. The number of benzene rings is 1. The fourth-order valence-corrected chi connectivity index (χ4v) is 1.97. The molecule has 0 atom stereocenters. The molecule has 0 radical (unpaired) electrons. The molecule has 2 rings (SSSR count). The highest BCUT2D eigenvalue weighted by Crippen LogP contribution is 2.24. The van der Waals surface area contributed by atoms with Crippen LogP contribution in [0.4, 0.5) is 5.69 Å². The van der Waals surface area contributed by atoms with Crippen LogP contribution in [0.3, 0.4) is 0 Å². The number of carbonyl (C=O) groups excluding carboxylic acids is 1. The van der Waals surface area contributed by atoms with Crippen molar-refractivity contribution in [2.75, 3.05) is 0 Å². The van der Waals surface area contributed by atoms with Gasteiger partial charge >= 0.3 is 5.69 Å². The monoisotopic (exact) mass is 273 g/mol. The van der Waals surface area contributed by atoms with E-state index < -0.39 is 10.6 Å². The van der Waals surface area contributed by atoms with Crippen molar-refractivity contribution in [1.82, 2.24) is 9.97 Å². The van der Waals surface area contributed by atoms with Crippen molar-refractivity contribution in [2.45, 2.75) is 13.8 Å². The third-order valence-electron chi connectivity index (χ3n) is 2.82. The van der Waals surface area contributed by atoms with Gasteiger partial charge in [0.05, 0.1) is 16.2 Å². The van der Waals surface area contributed by atoms with Gasteiger partial charge in [0, 0.05) is 23.4 Å². The fraction of sp³-hybridized carbons (Fsp3) is 0.154. The van der Waals surface area contributed by atoms with Gasteiger partial charge in [-0.15, -0.1) is 0 Å². The summed E-state index contributed by atoms with van der Waals surface area (Å²) in [6, 6.07) is 5.53. The molecule has 0 aliphatic carbocycles. The standard InChI is InChI=1S/C13H11N3O4/c1-7-11(8(2)17)12(15-13(18)14-7)9-3-5-10(6-4-9)16(19)20/h3-6H,1-2H3,(H,14,15,18). The predicted octanol–water partition coefficient (Wildman–Crippen LogP) is 1.86. The Morgan fingerprint density at radius 1 is 1.30 bits per heavy atom. The normalized spacial score (nSPS) is 10.3. The summed E-state index contributed by atoms with van der Waals surface area (Å²) < 4.78 is 0. The van der Waals surface area contributed by atoms with Crippen LogP contribution >= 0.6 is 0 Å². The summed E-state index contributed by atoms with van der Waals surface area (Å²) in [4.78, 5) is 39.5. The third-order valence-corrected chi connectivity index (χ3v) is 2.82. The molecule has 2 aromatic rings. The number of non-ortho nitro benzene ring substituents is 1. The van der Waals surface area contributed by atoms with Gasteiger partial charge in [-0.3, -0.25) is 14.9 Å². The van der Waals surface area contributed by atoms with Crippen LogP contribution in [0.5, 0.6) is 0 Å². The molecule has 0 bridgehead atoms. The Labute approximate surface area is 113 Å². The molecule has 0 saturated heterocycles. The van der Waals surface area contributed by atoms with Crippen LogP contribution in [0.1, 0.15) is 23.0 Å². The van der Waals surface area contributed by atoms with Crippen molar-refractivity contribution in [3.8, 4) is 11.3 Å². The van der Waals surface area contributed by atoms with Gasteiger partial charge in [0.25, 0.3) is 5.69 Å². The molecular weight excluding hydrogens is 262 g/mol. The van der Waals surface area contributed by atoms with E-state index in [0.29, 0.717) is 16.8 Å². The van der Waals surface area contributed by atoms with Crippen molar-refractivity contribution in [2.24, 2.45) is 0 Å². The number of H-pyrrole nitrogens is 1. The van der Waals surface area contributed by atoms with Crippen LogP contribution in [-0.4, -0.2) is 20.7 Å². The Kier molecular flexibility index (Phi) is 3.43. The molecule has 20 heavy (non-hydrogen) atoms. The van der Waals surface area contributed by atoms with Crippen LogP contribution in [0.15, 0.2) is 29.1 Å². The van der Waals surface area contributed by atoms with Crippen molar-refractivity contribution < 1.29 is 9.72 Å². The lowest BCUT2D eigenvalue weighted by molar-refractivity contribution is -0.384. The zero-order valence-electron chi connectivity index (χ0n) is 10.8. The molecule has 0 aliphatic rings. The van der Waals surface area contributed by atoms with E-state index in [1.54, 1.807) is 6.92 Å². The number of rotatable bonds is 3. The number of nitro benzene ring substituents is 1. The molecular formula is C13H11N3O4. The third kappa shape index (κ3) is 2.46. The zero-order valence-corrected chi connectivity index (χ0v) is 10.8. The van der Waals surface area contributed by atoms with Gasteiger partial charge in [-0.2, -0.15) is 4.98 Å². The van der Waals surface area contributed by atoms with E-state index in [1.807, 2.05) is 0 Å². The molecule has 0 fully saturated rings. The minimum Gasteiger partial charge on any atom is -0.309 e. The molecule has 0 aliphatic heterocycles. The highest BCUT2D eigenvalue weighted by atomic mass is 16.6. The average molecular weight is 273 g/mol. The molecule has 1 N–H and O–H groups in total. The van der Waals surface area contributed by atoms with E-state index in [-0.39, 0.29) is 17.2 Å². The molecule has 1 aromatic carbocycles. The second-order valence-electron chi connectivity index (χ2n) is 4.25. The van der Waals surface area contributed by atoms with Gasteiger partial charge < -0.3 is 4.98 Å². The molecule has 102 valence electrons. The first-order chi connectivity index (χ1) is 9.40. The summed E-state index contributed by atoms with van der Waals surface area (Å²) in [7, 11) is 0. The maximum Gasteiger partial charge on any atom is 0.345 e. The molecule has 1 heterocycles. The summed E-state index contributed by atoms with van der Waals surface area (Å²) in [5.74, 6) is -0.236. The van der Waals surface area contributed by atoms with E-state index in [2.05, 4.69) is 9.97 Å². The number of ketones is 1. The lowest BCUT2D eigenvalue weighted by Crippen LogP contribution is -2.17. The molecule has 0 unspecified atom stereocenters. The second kappa shape index (κ2) is 5.04. The lowest BCUT2D eigenvalue weighted by Gasteiger charge is -2.08. The Morgan fingerprint density at radius 2 is 1.90 bits per heavy atom. The topological polar surface area (TPSA) is 106 Å². The Bertz CT molecular complexity index is 747. The SMILES string of the molecule is CC(=O)c1c(-c2ccc([N+](=O)[O-])cc2)nc(=O)[nH]c1C. The predicted molar refractivity (Wildman–Crippen MR) is 71.7 cm³/mol. The number of aromatic nitrogens is 2. The lowest BCUT2D eigenvalue weighted by atomic mass is 10.0. The van der Waals surface area contributed by atoms with Gasteiger partial charge in [-0.1, -0.05) is 0 Å². The molecule has 1 aromatic heterocycles. The van der Waals surface area contributed by atoms with Crippen LogP contribution in [0.2, 0.25) is 0 Å². The second-order valence-corrected chi connectivity index (χ2v) is 4.25. The first-order valence-corrected chi connectivity index (χ1v) is 5.77. The molecule has 0 saturated carbocycles. The first kappa shape index (κ1) is 13.6. The van der Waals surface area contributed by atoms with Crippen LogP contribution in [-0.2, 0) is 0 Å². The fourth-order valence-electron chi connectivity index (χ4n) is 1.97. The van der Waals surface area contributed by atoms with E-state index in [0.717, 1.165) is 0 Å². The number of hydrogen-bond donors (Lipinski definition) is 1. The van der Waals surface area contributed by atoms with Crippen molar-refractivity contribution >= 4 is 11.5 Å². The van der Waals surface area contributed by atoms with Gasteiger partial charge in [-0.25, -0.2) is 4.79 Å². The van der Waals surface area contributed by atoms with Gasteiger partial charge in [0.15, 0.2) is 5.78 Å². The van der Waals surface area contributed by atoms with Crippen LogP contribution in [0.25, 0.3) is 11.3 Å². The number of aryl methyl sites for hydroxylation is 1. The minimum absolute atomic E-state index is 0.0697. The maximum atomic E-state index is 11.7. The minimum atomic E-state index is -0.569. The number of nitro groups is 1. The van der Waals surface area contributed by atoms with E-state index in [4.69, 9.17) is 0 Å². The number of nitrogens with one attached hydrogen (secondary N) is 1. The first-order valence-electron chi connectivity index (χ1n) is 5.77. The van der Waals surface area contributed by atoms with Gasteiger partial charge in [0.2, 0.25) is 0 Å². The smallest absolute Gasteiger partial charge is 0.309 e. The Balaban J connectivity index is 2.65. The van der Waals surface area contributed by atoms with E-state index in [9.17, 15) is 19.7 Å². The zero-order chi connectivity index (χ0) is 14.9. The van der Waals surface area contributed by atoms with Crippen LogP contribution in [0, 0.1) is 17.0 Å². The molecule has 7 heteroatoms. The summed E-state index contributed by atoms with van der Waals surface area (Å²) in [6.07, 6.45) is 0. The quantitative estimate of drug-likeness (QED) is 0.522. The molecule has 0 amide bonds. The van der Waals surface area contributed by atoms with Crippen molar-refractivity contribution in [3.05, 3.63) is 56.1 Å². The largest absolute Gasteiger partial charge is 0.345 e. The maximum absolute atomic E-state index is 11.7. The summed E-state index contributed by atoms with van der Waals surface area (Å²) in [5, 5.41) is 10.6. The Morgan fingerprint density at radius 3 is 2.40 bits per heavy atom. The van der Waals surface area contributed by atoms with Gasteiger partial charge in [-0.05, 0) is 26.0 Å². The van der Waals surface area contributed by atoms with Crippen molar-refractivity contribution in [3.63, 3.8) is 0 Å². The van der Waals surface area contributed by atoms with E-state index >= 15 is 0 Å². The molecule has 7 nitrogen and oxygen atoms in total. The molecule has 0 spiro atoms. The van der Waals surface area contributed by atoms with Gasteiger partial charge in [0.1, 0.15) is 0 Å². The highest BCUT2D eigenvalue weighted by Gasteiger charge is 2.16. The van der Waals surface area contributed by atoms with E-state index in [1.165, 1.54) is 31.2 Å². The Hall–Kier alpha value is -2.83. The number of carbonyl (C=O) groups is 1. The number of hydrogen-bond acceptors (Lipinski definition) is 5.